The van der Waals surface area contributed by atoms with Crippen LogP contribution < -0.4 is 5.32 Å². The van der Waals surface area contributed by atoms with Gasteiger partial charge in [0.05, 0.1) is 0 Å². The van der Waals surface area contributed by atoms with Gasteiger partial charge in [0.1, 0.15) is 0 Å². The highest BCUT2D eigenvalue weighted by Crippen LogP contribution is 2.66. The second-order valence-electron chi connectivity index (χ2n) is 9.56. The average Bonchev–Trinajstić information content (AvgIpc) is 3.07. The van der Waals surface area contributed by atoms with Gasteiger partial charge >= 0.3 is 0 Å². The van der Waals surface area contributed by atoms with E-state index < -0.39 is 0 Å². The van der Waals surface area contributed by atoms with Gasteiger partial charge in [-0.3, -0.25) is 0 Å². The Balaban J connectivity index is 1.44. The molecule has 1 aliphatic heterocycles. The molecule has 0 aromatic heterocycles. The van der Waals surface area contributed by atoms with Crippen LogP contribution in [0.2, 0.25) is 5.02 Å². The van der Waals surface area contributed by atoms with Crippen LogP contribution in [0.25, 0.3) is 0 Å². The molecular weight excluding hydrogens is 346 g/mol. The summed E-state index contributed by atoms with van der Waals surface area (Å²) in [5, 5.41) is 4.94. The van der Waals surface area contributed by atoms with Crippen molar-refractivity contribution >= 4 is 23.4 Å². The predicted octanol–water partition coefficient (Wildman–Crippen LogP) is 5.66. The van der Waals surface area contributed by atoms with Crippen molar-refractivity contribution in [3.8, 4) is 0 Å². The Bertz CT molecular complexity index is 622. The van der Waals surface area contributed by atoms with Gasteiger partial charge in [0.25, 0.3) is 0 Å². The van der Waals surface area contributed by atoms with Gasteiger partial charge < -0.3 is 5.32 Å². The summed E-state index contributed by atoms with van der Waals surface area (Å²) < 4.78 is 0. The van der Waals surface area contributed by atoms with Gasteiger partial charge in [0.2, 0.25) is 0 Å². The van der Waals surface area contributed by atoms with Crippen molar-refractivity contribution in [1.82, 2.24) is 5.32 Å². The van der Waals surface area contributed by atoms with Gasteiger partial charge in [0.15, 0.2) is 0 Å². The number of halogens is 1. The van der Waals surface area contributed by atoms with Gasteiger partial charge in [-0.2, -0.15) is 11.8 Å². The van der Waals surface area contributed by atoms with Crippen molar-refractivity contribution in [1.29, 1.82) is 0 Å². The summed E-state index contributed by atoms with van der Waals surface area (Å²) >= 11 is 8.30. The molecule has 5 aliphatic rings. The minimum atomic E-state index is 0.426. The van der Waals surface area contributed by atoms with E-state index in [-0.39, 0.29) is 0 Å². The van der Waals surface area contributed by atoms with Crippen LogP contribution in [-0.4, -0.2) is 23.6 Å². The van der Waals surface area contributed by atoms with Crippen LogP contribution in [0.15, 0.2) is 24.3 Å². The van der Waals surface area contributed by atoms with E-state index in [0.717, 1.165) is 22.9 Å². The largest absolute Gasteiger partial charge is 0.310 e. The van der Waals surface area contributed by atoms with Gasteiger partial charge in [-0.25, -0.2) is 0 Å². The van der Waals surface area contributed by atoms with Crippen LogP contribution in [-0.2, 0) is 5.41 Å². The van der Waals surface area contributed by atoms with Crippen molar-refractivity contribution in [2.75, 3.05) is 11.5 Å². The molecule has 136 valence electrons. The summed E-state index contributed by atoms with van der Waals surface area (Å²) in [5.41, 5.74) is 2.52. The first-order valence-electron chi connectivity index (χ1n) is 10.2. The van der Waals surface area contributed by atoms with Crippen LogP contribution in [0.3, 0.4) is 0 Å². The zero-order valence-electron chi connectivity index (χ0n) is 15.3. The molecule has 0 radical (unpaired) electrons. The van der Waals surface area contributed by atoms with E-state index in [9.17, 15) is 0 Å². The molecule has 0 unspecified atom stereocenters. The van der Waals surface area contributed by atoms with Gasteiger partial charge in [-0.1, -0.05) is 23.7 Å². The van der Waals surface area contributed by atoms with Crippen LogP contribution in [0, 0.1) is 17.3 Å². The van der Waals surface area contributed by atoms with E-state index in [1.165, 1.54) is 56.5 Å². The van der Waals surface area contributed by atoms with Crippen LogP contribution in [0.5, 0.6) is 0 Å². The lowest BCUT2D eigenvalue weighted by Crippen LogP contribution is -2.61. The highest BCUT2D eigenvalue weighted by Gasteiger charge is 2.59. The Labute approximate surface area is 161 Å². The molecule has 4 aliphatic carbocycles. The molecule has 1 aromatic rings. The summed E-state index contributed by atoms with van der Waals surface area (Å²) in [6, 6.07) is 10.3. The predicted molar refractivity (Wildman–Crippen MR) is 109 cm³/mol. The van der Waals surface area contributed by atoms with Crippen molar-refractivity contribution < 1.29 is 0 Å². The molecule has 1 saturated heterocycles. The lowest BCUT2D eigenvalue weighted by molar-refractivity contribution is -0.0892. The molecule has 4 bridgehead atoms. The fraction of sp³-hybridized carbons (Fsp3) is 0.727. The Morgan fingerprint density at radius 2 is 1.84 bits per heavy atom. The highest BCUT2D eigenvalue weighted by molar-refractivity contribution is 7.99. The third-order valence-corrected chi connectivity index (χ3v) is 9.31. The van der Waals surface area contributed by atoms with Gasteiger partial charge in [-0.15, -0.1) is 0 Å². The molecule has 4 saturated carbocycles. The maximum Gasteiger partial charge on any atom is 0.0406 e. The Morgan fingerprint density at radius 3 is 2.48 bits per heavy atom. The maximum atomic E-state index is 6.18. The zero-order valence-corrected chi connectivity index (χ0v) is 16.8. The number of nitrogens with one attached hydrogen (secondary N) is 1. The lowest BCUT2D eigenvalue weighted by Gasteiger charge is -2.64. The average molecular weight is 376 g/mol. The molecule has 1 heterocycles. The second-order valence-corrected chi connectivity index (χ2v) is 11.1. The Hall–Kier alpha value is -0.180. The van der Waals surface area contributed by atoms with Crippen LogP contribution in [0.1, 0.15) is 57.4 Å². The first-order chi connectivity index (χ1) is 12.1. The van der Waals surface area contributed by atoms with Gasteiger partial charge in [-0.05, 0) is 98.0 Å². The SMILES string of the molecule is C[C@H](N[C@@H]1CCSC1)C12C[C@H]3C[C@@H](CC(c4ccc(Cl)cc4)(C3)C1)C2. The number of thioether (sulfide) groups is 1. The highest BCUT2D eigenvalue weighted by atomic mass is 35.5. The van der Waals surface area contributed by atoms with Crippen molar-refractivity contribution in [3.63, 3.8) is 0 Å². The number of hydrogen-bond acceptors (Lipinski definition) is 2. The second kappa shape index (κ2) is 6.17. The first kappa shape index (κ1) is 17.0. The number of rotatable bonds is 4. The molecule has 0 spiro atoms. The summed E-state index contributed by atoms with van der Waals surface area (Å²) in [6.45, 7) is 2.51. The minimum absolute atomic E-state index is 0.426. The number of benzene rings is 1. The molecule has 25 heavy (non-hydrogen) atoms. The van der Waals surface area contributed by atoms with Crippen molar-refractivity contribution in [2.24, 2.45) is 17.3 Å². The van der Waals surface area contributed by atoms with E-state index in [2.05, 4.69) is 48.3 Å². The monoisotopic (exact) mass is 375 g/mol. The minimum Gasteiger partial charge on any atom is -0.310 e. The van der Waals surface area contributed by atoms with Crippen molar-refractivity contribution in [2.45, 2.75) is 69.4 Å². The molecule has 5 fully saturated rings. The van der Waals surface area contributed by atoms with Crippen molar-refractivity contribution in [3.05, 3.63) is 34.9 Å². The zero-order chi connectivity index (χ0) is 17.1. The van der Waals surface area contributed by atoms with Gasteiger partial charge in [0, 0.05) is 22.9 Å². The quantitative estimate of drug-likeness (QED) is 0.728. The normalized spacial score (nSPS) is 43.5. The van der Waals surface area contributed by atoms with Crippen LogP contribution >= 0.6 is 23.4 Å². The molecule has 4 atom stereocenters. The van der Waals surface area contributed by atoms with E-state index in [4.69, 9.17) is 11.6 Å². The smallest absolute Gasteiger partial charge is 0.0406 e. The summed E-state index contributed by atoms with van der Waals surface area (Å²) in [5.74, 6) is 4.55. The van der Waals surface area contributed by atoms with E-state index in [1.807, 2.05) is 0 Å². The topological polar surface area (TPSA) is 12.0 Å². The lowest BCUT2D eigenvalue weighted by atomic mass is 9.41. The third-order valence-electron chi connectivity index (χ3n) is 7.90. The van der Waals surface area contributed by atoms with E-state index >= 15 is 0 Å². The third kappa shape index (κ3) is 2.87. The standard InChI is InChI=1S/C22H30ClNS/c1-15(24-20-6-7-25-13-20)21-9-16-8-17(10-21)12-22(11-16,14-21)18-2-4-19(23)5-3-18/h2-5,15-17,20,24H,6-14H2,1H3/t15-,16+,17+,20+,21?,22?/m0/s1. The number of hydrogen-bond donors (Lipinski definition) is 1. The Morgan fingerprint density at radius 1 is 1.12 bits per heavy atom. The fourth-order valence-corrected chi connectivity index (χ4v) is 8.47. The Kier molecular flexibility index (Phi) is 4.19. The first-order valence-corrected chi connectivity index (χ1v) is 11.7. The fourth-order valence-electron chi connectivity index (χ4n) is 7.18. The molecular formula is C22H30ClNS. The molecule has 1 aromatic carbocycles. The molecule has 1 nitrogen and oxygen atoms in total. The molecule has 0 amide bonds. The molecule has 6 rings (SSSR count). The van der Waals surface area contributed by atoms with E-state index in [1.54, 1.807) is 5.56 Å². The summed E-state index contributed by atoms with van der Waals surface area (Å²) in [7, 11) is 0. The summed E-state index contributed by atoms with van der Waals surface area (Å²) in [4.78, 5) is 0. The maximum absolute atomic E-state index is 6.18. The molecule has 1 N–H and O–H groups in total. The summed E-state index contributed by atoms with van der Waals surface area (Å²) in [6.07, 6.45) is 10.0. The molecule has 3 heteroatoms. The van der Waals surface area contributed by atoms with E-state index in [0.29, 0.717) is 16.9 Å². The van der Waals surface area contributed by atoms with Crippen LogP contribution in [0.4, 0.5) is 0 Å².